The standard InChI is InChI=1S/C12H12N2/c13-10-12(14)11-8-6-4-2-1-3-5-7-9-11/h1-9,12H,14H2. The van der Waals surface area contributed by atoms with Crippen molar-refractivity contribution in [2.24, 2.45) is 5.73 Å². The first-order chi connectivity index (χ1) is 6.84. The van der Waals surface area contributed by atoms with Gasteiger partial charge in [-0.3, -0.25) is 0 Å². The van der Waals surface area contributed by atoms with E-state index in [9.17, 15) is 0 Å². The molecule has 0 aliphatic heterocycles. The van der Waals surface area contributed by atoms with Crippen LogP contribution in [0.15, 0.2) is 54.6 Å². The second kappa shape index (κ2) is 5.74. The second-order valence-electron chi connectivity index (χ2n) is 2.79. The van der Waals surface area contributed by atoms with E-state index < -0.39 is 6.04 Å². The van der Waals surface area contributed by atoms with Crippen LogP contribution in [0.3, 0.4) is 0 Å². The molecule has 1 aromatic rings. The molecular weight excluding hydrogens is 172 g/mol. The number of hydrogen-bond acceptors (Lipinski definition) is 2. The molecule has 2 N–H and O–H groups in total. The Labute approximate surface area is 83.9 Å². The van der Waals surface area contributed by atoms with Gasteiger partial charge in [0.25, 0.3) is 0 Å². The number of nitriles is 1. The molecule has 0 aliphatic rings. The van der Waals surface area contributed by atoms with Crippen LogP contribution in [-0.2, 0) is 0 Å². The summed E-state index contributed by atoms with van der Waals surface area (Å²) in [5.41, 5.74) is 6.41. The summed E-state index contributed by atoms with van der Waals surface area (Å²) in [5.74, 6) is 0. The van der Waals surface area contributed by atoms with Crippen LogP contribution in [0, 0.1) is 11.3 Å². The number of rotatable bonds is 1. The lowest BCUT2D eigenvalue weighted by atomic mass is 10.1. The summed E-state index contributed by atoms with van der Waals surface area (Å²) < 4.78 is 0. The Morgan fingerprint density at radius 3 is 1.79 bits per heavy atom. The van der Waals surface area contributed by atoms with Crippen molar-refractivity contribution in [3.8, 4) is 6.07 Å². The van der Waals surface area contributed by atoms with Crippen LogP contribution in [0.5, 0.6) is 0 Å². The lowest BCUT2D eigenvalue weighted by molar-refractivity contribution is 0.928. The van der Waals surface area contributed by atoms with Gasteiger partial charge in [0.1, 0.15) is 6.04 Å². The number of hydrogen-bond donors (Lipinski definition) is 1. The van der Waals surface area contributed by atoms with Gasteiger partial charge < -0.3 is 5.73 Å². The van der Waals surface area contributed by atoms with E-state index in [-0.39, 0.29) is 0 Å². The fourth-order valence-electron chi connectivity index (χ4n) is 0.992. The smallest absolute Gasteiger partial charge is 0.118 e. The van der Waals surface area contributed by atoms with Crippen molar-refractivity contribution in [3.05, 3.63) is 60.2 Å². The van der Waals surface area contributed by atoms with Gasteiger partial charge in [0.15, 0.2) is 0 Å². The van der Waals surface area contributed by atoms with Crippen LogP contribution in [0.25, 0.3) is 0 Å². The number of nitrogens with zero attached hydrogens (tertiary/aromatic N) is 1. The molecule has 0 aliphatic carbocycles. The third kappa shape index (κ3) is 3.26. The predicted octanol–water partition coefficient (Wildman–Crippen LogP) is 2.33. The summed E-state index contributed by atoms with van der Waals surface area (Å²) >= 11 is 0. The normalized spacial score (nSPS) is 10.9. The Hall–Kier alpha value is -1.85. The highest BCUT2D eigenvalue weighted by Gasteiger charge is 1.98. The van der Waals surface area contributed by atoms with E-state index in [4.69, 9.17) is 11.0 Å². The van der Waals surface area contributed by atoms with Gasteiger partial charge in [-0.15, -0.1) is 0 Å². The van der Waals surface area contributed by atoms with Crippen LogP contribution >= 0.6 is 0 Å². The molecule has 2 nitrogen and oxygen atoms in total. The van der Waals surface area contributed by atoms with Gasteiger partial charge in [-0.1, -0.05) is 54.6 Å². The highest BCUT2D eigenvalue weighted by Crippen LogP contribution is 2.04. The van der Waals surface area contributed by atoms with Crippen molar-refractivity contribution >= 4 is 0 Å². The van der Waals surface area contributed by atoms with Crippen LogP contribution in [0.4, 0.5) is 0 Å². The maximum Gasteiger partial charge on any atom is 0.118 e. The van der Waals surface area contributed by atoms with Gasteiger partial charge in [-0.05, 0) is 5.56 Å². The van der Waals surface area contributed by atoms with E-state index in [0.29, 0.717) is 0 Å². The molecule has 1 aromatic carbocycles. The van der Waals surface area contributed by atoms with Crippen molar-refractivity contribution < 1.29 is 0 Å². The monoisotopic (exact) mass is 184 g/mol. The first-order valence-electron chi connectivity index (χ1n) is 4.38. The molecule has 14 heavy (non-hydrogen) atoms. The average molecular weight is 184 g/mol. The second-order valence-corrected chi connectivity index (χ2v) is 2.79. The van der Waals surface area contributed by atoms with Gasteiger partial charge in [0, 0.05) is 0 Å². The average Bonchev–Trinajstić information content (AvgIpc) is 2.24. The lowest BCUT2D eigenvalue weighted by Gasteiger charge is -1.98. The molecule has 0 amide bonds. The summed E-state index contributed by atoms with van der Waals surface area (Å²) in [6.07, 6.45) is 0. The molecule has 0 saturated heterocycles. The zero-order valence-electron chi connectivity index (χ0n) is 7.80. The van der Waals surface area contributed by atoms with E-state index in [1.807, 2.05) is 60.7 Å². The molecule has 1 atom stereocenters. The minimum Gasteiger partial charge on any atom is -0.312 e. The molecule has 1 unspecified atom stereocenters. The van der Waals surface area contributed by atoms with Crippen LogP contribution in [0.2, 0.25) is 0 Å². The first kappa shape index (κ1) is 10.2. The fourth-order valence-corrected chi connectivity index (χ4v) is 0.992. The third-order valence-corrected chi connectivity index (χ3v) is 1.74. The van der Waals surface area contributed by atoms with Crippen molar-refractivity contribution in [2.75, 3.05) is 0 Å². The summed E-state index contributed by atoms with van der Waals surface area (Å²) in [7, 11) is 0. The van der Waals surface area contributed by atoms with Gasteiger partial charge in [-0.25, -0.2) is 0 Å². The summed E-state index contributed by atoms with van der Waals surface area (Å²) in [6, 6.07) is 18.4. The van der Waals surface area contributed by atoms with Gasteiger partial charge in [-0.2, -0.15) is 5.26 Å². The summed E-state index contributed by atoms with van der Waals surface area (Å²) in [5, 5.41) is 8.67. The molecule has 0 fully saturated rings. The zero-order valence-corrected chi connectivity index (χ0v) is 7.80. The molecule has 0 aromatic heterocycles. The van der Waals surface area contributed by atoms with Gasteiger partial charge in [0.2, 0.25) is 0 Å². The van der Waals surface area contributed by atoms with E-state index in [1.54, 1.807) is 0 Å². The van der Waals surface area contributed by atoms with Crippen LogP contribution < -0.4 is 5.73 Å². The lowest BCUT2D eigenvalue weighted by Crippen LogP contribution is -2.05. The first-order valence-corrected chi connectivity index (χ1v) is 4.38. The Morgan fingerprint density at radius 2 is 1.36 bits per heavy atom. The molecule has 0 saturated carbocycles. The zero-order chi connectivity index (χ0) is 10.2. The van der Waals surface area contributed by atoms with Crippen LogP contribution in [0.1, 0.15) is 11.6 Å². The van der Waals surface area contributed by atoms with E-state index in [1.165, 1.54) is 0 Å². The Bertz CT molecular complexity index is 353. The highest BCUT2D eigenvalue weighted by molar-refractivity contribution is 5.20. The molecule has 0 radical (unpaired) electrons. The molecule has 70 valence electrons. The minimum atomic E-state index is -0.562. The van der Waals surface area contributed by atoms with Crippen molar-refractivity contribution in [2.45, 2.75) is 6.04 Å². The maximum absolute atomic E-state index is 8.67. The Kier molecular flexibility index (Phi) is 4.19. The summed E-state index contributed by atoms with van der Waals surface area (Å²) in [4.78, 5) is 0. The maximum atomic E-state index is 8.67. The van der Waals surface area contributed by atoms with Gasteiger partial charge >= 0.3 is 0 Å². The fraction of sp³-hybridized carbons (Fsp3) is 0.0833. The topological polar surface area (TPSA) is 49.8 Å². The number of nitrogens with two attached hydrogens (primary N) is 1. The predicted molar refractivity (Wildman–Crippen MR) is 56.6 cm³/mol. The molecular formula is C12H12N2. The molecule has 1 rings (SSSR count). The third-order valence-electron chi connectivity index (χ3n) is 1.74. The quantitative estimate of drug-likeness (QED) is 0.728. The summed E-state index contributed by atoms with van der Waals surface area (Å²) in [6.45, 7) is 0. The van der Waals surface area contributed by atoms with E-state index >= 15 is 0 Å². The Balaban J connectivity index is 3.15. The minimum absolute atomic E-state index is 0.562. The SMILES string of the molecule is N#CC(N)c1ccccccccc1. The van der Waals surface area contributed by atoms with Crippen molar-refractivity contribution in [1.82, 2.24) is 0 Å². The molecule has 2 heteroatoms. The Morgan fingerprint density at radius 1 is 0.929 bits per heavy atom. The van der Waals surface area contributed by atoms with E-state index in [0.717, 1.165) is 5.56 Å². The largest absolute Gasteiger partial charge is 0.312 e. The van der Waals surface area contributed by atoms with E-state index in [2.05, 4.69) is 0 Å². The van der Waals surface area contributed by atoms with Gasteiger partial charge in [0.05, 0.1) is 6.07 Å². The molecule has 0 bridgehead atoms. The van der Waals surface area contributed by atoms with Crippen molar-refractivity contribution in [3.63, 3.8) is 0 Å². The molecule has 0 spiro atoms. The highest BCUT2D eigenvalue weighted by atomic mass is 14.6. The van der Waals surface area contributed by atoms with Crippen LogP contribution in [-0.4, -0.2) is 0 Å². The van der Waals surface area contributed by atoms with Crippen molar-refractivity contribution in [1.29, 1.82) is 5.26 Å². The molecule has 0 heterocycles.